The van der Waals surface area contributed by atoms with E-state index in [0.29, 0.717) is 12.2 Å². The monoisotopic (exact) mass is 298 g/mol. The zero-order chi connectivity index (χ0) is 15.3. The van der Waals surface area contributed by atoms with Gasteiger partial charge in [0.05, 0.1) is 12.2 Å². The topological polar surface area (TPSA) is 26.3 Å². The SMILES string of the molecule is Cc1ccc(C(=O)OCC2(C)C3CC4CC(C3)CC2C4)cc1. The summed E-state index contributed by atoms with van der Waals surface area (Å²) < 4.78 is 5.76. The predicted molar refractivity (Wildman–Crippen MR) is 86.6 cm³/mol. The lowest BCUT2D eigenvalue weighted by Gasteiger charge is -2.59. The molecule has 4 fully saturated rings. The average molecular weight is 298 g/mol. The molecular formula is C20H26O2. The molecule has 1 aromatic rings. The maximum absolute atomic E-state index is 12.3. The van der Waals surface area contributed by atoms with Crippen LogP contribution in [0, 0.1) is 36.0 Å². The van der Waals surface area contributed by atoms with Crippen LogP contribution in [0.5, 0.6) is 0 Å². The number of carbonyl (C=O) groups excluding carboxylic acids is 1. The third kappa shape index (κ3) is 2.28. The lowest BCUT2D eigenvalue weighted by Crippen LogP contribution is -2.53. The van der Waals surface area contributed by atoms with Gasteiger partial charge in [-0.15, -0.1) is 0 Å². The molecule has 4 aliphatic carbocycles. The van der Waals surface area contributed by atoms with Crippen molar-refractivity contribution in [2.45, 2.75) is 46.0 Å². The standard InChI is InChI=1S/C20H26O2/c1-13-3-5-16(6-4-13)19(21)22-12-20(2)17-8-14-7-15(10-17)11-18(20)9-14/h3-6,14-15,17-18H,7-12H2,1-2H3. The highest BCUT2D eigenvalue weighted by Crippen LogP contribution is 2.62. The molecule has 0 amide bonds. The van der Waals surface area contributed by atoms with Crippen molar-refractivity contribution < 1.29 is 9.53 Å². The van der Waals surface area contributed by atoms with Crippen molar-refractivity contribution in [3.8, 4) is 0 Å². The Morgan fingerprint density at radius 1 is 1.05 bits per heavy atom. The Morgan fingerprint density at radius 2 is 1.59 bits per heavy atom. The lowest BCUT2D eigenvalue weighted by molar-refractivity contribution is -0.123. The third-order valence-electron chi connectivity index (χ3n) is 6.80. The van der Waals surface area contributed by atoms with E-state index in [2.05, 4.69) is 6.92 Å². The van der Waals surface area contributed by atoms with Gasteiger partial charge >= 0.3 is 5.97 Å². The molecule has 4 aliphatic rings. The van der Waals surface area contributed by atoms with Gasteiger partial charge in [0.2, 0.25) is 0 Å². The second kappa shape index (κ2) is 5.11. The minimum atomic E-state index is -0.157. The molecule has 22 heavy (non-hydrogen) atoms. The number of esters is 1. The van der Waals surface area contributed by atoms with E-state index in [0.717, 1.165) is 23.7 Å². The molecule has 0 aromatic heterocycles. The first kappa shape index (κ1) is 14.3. The van der Waals surface area contributed by atoms with Crippen LogP contribution >= 0.6 is 0 Å². The van der Waals surface area contributed by atoms with Crippen molar-refractivity contribution in [1.82, 2.24) is 0 Å². The van der Waals surface area contributed by atoms with Crippen molar-refractivity contribution >= 4 is 5.97 Å². The van der Waals surface area contributed by atoms with Gasteiger partial charge in [-0.3, -0.25) is 0 Å². The van der Waals surface area contributed by atoms with Crippen molar-refractivity contribution in [1.29, 1.82) is 0 Å². The van der Waals surface area contributed by atoms with Crippen LogP contribution in [0.4, 0.5) is 0 Å². The second-order valence-corrected chi connectivity index (χ2v) is 8.25. The lowest BCUT2D eigenvalue weighted by atomic mass is 9.46. The fourth-order valence-corrected chi connectivity index (χ4v) is 5.49. The molecule has 0 N–H and O–H groups in total. The van der Waals surface area contributed by atoms with Crippen molar-refractivity contribution in [3.63, 3.8) is 0 Å². The summed E-state index contributed by atoms with van der Waals surface area (Å²) in [5.74, 6) is 3.31. The van der Waals surface area contributed by atoms with Crippen LogP contribution in [-0.2, 0) is 4.74 Å². The second-order valence-electron chi connectivity index (χ2n) is 8.25. The van der Waals surface area contributed by atoms with Gasteiger partial charge < -0.3 is 4.74 Å². The quantitative estimate of drug-likeness (QED) is 0.761. The van der Waals surface area contributed by atoms with Crippen LogP contribution < -0.4 is 0 Å². The first-order valence-electron chi connectivity index (χ1n) is 8.78. The minimum absolute atomic E-state index is 0.157. The molecule has 0 unspecified atom stereocenters. The van der Waals surface area contributed by atoms with E-state index in [1.54, 1.807) is 0 Å². The molecule has 0 heterocycles. The molecule has 0 atom stereocenters. The van der Waals surface area contributed by atoms with Gasteiger partial charge in [0, 0.05) is 5.41 Å². The molecule has 0 radical (unpaired) electrons. The van der Waals surface area contributed by atoms with Crippen LogP contribution in [-0.4, -0.2) is 12.6 Å². The highest BCUT2D eigenvalue weighted by atomic mass is 16.5. The molecule has 4 bridgehead atoms. The number of hydrogen-bond donors (Lipinski definition) is 0. The Bertz CT molecular complexity index is 544. The summed E-state index contributed by atoms with van der Waals surface area (Å²) in [4.78, 5) is 12.3. The average Bonchev–Trinajstić information content (AvgIpc) is 2.50. The first-order chi connectivity index (χ1) is 10.5. The van der Waals surface area contributed by atoms with E-state index in [1.165, 1.54) is 37.7 Å². The summed E-state index contributed by atoms with van der Waals surface area (Å²) in [6.07, 6.45) is 6.93. The number of carbonyl (C=O) groups is 1. The maximum atomic E-state index is 12.3. The van der Waals surface area contributed by atoms with Crippen molar-refractivity contribution in [2.75, 3.05) is 6.61 Å². The number of rotatable bonds is 3. The predicted octanol–water partition coefficient (Wildman–Crippen LogP) is 4.61. The van der Waals surface area contributed by atoms with Crippen LogP contribution in [0.3, 0.4) is 0 Å². The molecule has 0 saturated heterocycles. The molecule has 1 aromatic carbocycles. The van der Waals surface area contributed by atoms with Gasteiger partial charge in [0.25, 0.3) is 0 Å². The van der Waals surface area contributed by atoms with Gasteiger partial charge in [0.15, 0.2) is 0 Å². The van der Waals surface area contributed by atoms with Crippen LogP contribution in [0.2, 0.25) is 0 Å². The number of benzene rings is 1. The van der Waals surface area contributed by atoms with Crippen LogP contribution in [0.1, 0.15) is 54.9 Å². The maximum Gasteiger partial charge on any atom is 0.338 e. The van der Waals surface area contributed by atoms with E-state index < -0.39 is 0 Å². The number of ether oxygens (including phenoxy) is 1. The summed E-state index contributed by atoms with van der Waals surface area (Å²) in [6, 6.07) is 7.69. The summed E-state index contributed by atoms with van der Waals surface area (Å²) in [5, 5.41) is 0. The van der Waals surface area contributed by atoms with E-state index in [1.807, 2.05) is 31.2 Å². The van der Waals surface area contributed by atoms with Crippen LogP contribution in [0.25, 0.3) is 0 Å². The third-order valence-corrected chi connectivity index (χ3v) is 6.80. The molecule has 2 nitrogen and oxygen atoms in total. The Balaban J connectivity index is 1.44. The van der Waals surface area contributed by atoms with Gasteiger partial charge in [0.1, 0.15) is 0 Å². The van der Waals surface area contributed by atoms with Gasteiger partial charge in [-0.25, -0.2) is 4.79 Å². The highest BCUT2D eigenvalue weighted by Gasteiger charge is 2.55. The summed E-state index contributed by atoms with van der Waals surface area (Å²) in [7, 11) is 0. The van der Waals surface area contributed by atoms with Crippen LogP contribution in [0.15, 0.2) is 24.3 Å². The zero-order valence-electron chi connectivity index (χ0n) is 13.7. The van der Waals surface area contributed by atoms with Crippen molar-refractivity contribution in [2.24, 2.45) is 29.1 Å². The van der Waals surface area contributed by atoms with E-state index >= 15 is 0 Å². The highest BCUT2D eigenvalue weighted by molar-refractivity contribution is 5.89. The Hall–Kier alpha value is -1.31. The number of hydrogen-bond acceptors (Lipinski definition) is 2. The van der Waals surface area contributed by atoms with Gasteiger partial charge in [-0.05, 0) is 74.8 Å². The number of aryl methyl sites for hydroxylation is 1. The largest absolute Gasteiger partial charge is 0.461 e. The molecule has 2 heteroatoms. The molecule has 5 rings (SSSR count). The summed E-state index contributed by atoms with van der Waals surface area (Å²) in [5.41, 5.74) is 2.07. The molecule has 0 aliphatic heterocycles. The van der Waals surface area contributed by atoms with Gasteiger partial charge in [-0.2, -0.15) is 0 Å². The summed E-state index contributed by atoms with van der Waals surface area (Å²) >= 11 is 0. The normalized spacial score (nSPS) is 39.0. The van der Waals surface area contributed by atoms with Crippen molar-refractivity contribution in [3.05, 3.63) is 35.4 Å². The fraction of sp³-hybridized carbons (Fsp3) is 0.650. The Labute approximate surface area is 133 Å². The molecule has 4 saturated carbocycles. The van der Waals surface area contributed by atoms with E-state index in [9.17, 15) is 4.79 Å². The summed E-state index contributed by atoms with van der Waals surface area (Å²) in [6.45, 7) is 5.02. The minimum Gasteiger partial charge on any atom is -0.461 e. The molecular weight excluding hydrogens is 272 g/mol. The zero-order valence-corrected chi connectivity index (χ0v) is 13.7. The van der Waals surface area contributed by atoms with E-state index in [4.69, 9.17) is 4.74 Å². The molecule has 118 valence electrons. The van der Waals surface area contributed by atoms with E-state index in [-0.39, 0.29) is 11.4 Å². The van der Waals surface area contributed by atoms with Gasteiger partial charge in [-0.1, -0.05) is 24.6 Å². The smallest absolute Gasteiger partial charge is 0.338 e. The Kier molecular flexibility index (Phi) is 3.32. The molecule has 0 spiro atoms. The Morgan fingerprint density at radius 3 is 2.14 bits per heavy atom. The first-order valence-corrected chi connectivity index (χ1v) is 8.78. The fourth-order valence-electron chi connectivity index (χ4n) is 5.49.